The SMILES string of the molecule is Cc1cccc(N2CCN(c3ccc(Cl)cn3)CC2)c1. The van der Waals surface area contributed by atoms with Crippen molar-refractivity contribution in [1.29, 1.82) is 0 Å². The van der Waals surface area contributed by atoms with Crippen molar-refractivity contribution in [3.8, 4) is 0 Å². The van der Waals surface area contributed by atoms with Gasteiger partial charge in [-0.05, 0) is 36.8 Å². The summed E-state index contributed by atoms with van der Waals surface area (Å²) in [6.07, 6.45) is 1.71. The van der Waals surface area contributed by atoms with Crippen molar-refractivity contribution in [2.45, 2.75) is 6.92 Å². The Labute approximate surface area is 124 Å². The van der Waals surface area contributed by atoms with E-state index < -0.39 is 0 Å². The number of hydrogen-bond acceptors (Lipinski definition) is 3. The Bertz CT molecular complexity index is 575. The molecule has 4 heteroatoms. The topological polar surface area (TPSA) is 19.4 Å². The van der Waals surface area contributed by atoms with E-state index in [2.05, 4.69) is 46.0 Å². The predicted octanol–water partition coefficient (Wildman–Crippen LogP) is 3.37. The monoisotopic (exact) mass is 287 g/mol. The van der Waals surface area contributed by atoms with Gasteiger partial charge in [-0.1, -0.05) is 23.7 Å². The average Bonchev–Trinajstić information content (AvgIpc) is 2.48. The zero-order valence-electron chi connectivity index (χ0n) is 11.6. The van der Waals surface area contributed by atoms with Crippen LogP contribution in [0.1, 0.15) is 5.56 Å². The Hall–Kier alpha value is -1.74. The summed E-state index contributed by atoms with van der Waals surface area (Å²) >= 11 is 5.88. The van der Waals surface area contributed by atoms with Crippen molar-refractivity contribution in [3.05, 3.63) is 53.2 Å². The summed E-state index contributed by atoms with van der Waals surface area (Å²) in [4.78, 5) is 9.13. The van der Waals surface area contributed by atoms with Crippen molar-refractivity contribution in [3.63, 3.8) is 0 Å². The van der Waals surface area contributed by atoms with Gasteiger partial charge in [0.25, 0.3) is 0 Å². The average molecular weight is 288 g/mol. The molecule has 20 heavy (non-hydrogen) atoms. The lowest BCUT2D eigenvalue weighted by Crippen LogP contribution is -2.46. The molecule has 104 valence electrons. The highest BCUT2D eigenvalue weighted by Gasteiger charge is 2.18. The minimum atomic E-state index is 0.687. The van der Waals surface area contributed by atoms with E-state index in [1.54, 1.807) is 6.20 Å². The first kappa shape index (κ1) is 13.3. The first-order valence-electron chi connectivity index (χ1n) is 6.90. The van der Waals surface area contributed by atoms with E-state index in [-0.39, 0.29) is 0 Å². The van der Waals surface area contributed by atoms with Crippen LogP contribution in [0.3, 0.4) is 0 Å². The minimum Gasteiger partial charge on any atom is -0.368 e. The van der Waals surface area contributed by atoms with E-state index in [9.17, 15) is 0 Å². The number of pyridine rings is 1. The number of aryl methyl sites for hydroxylation is 1. The number of rotatable bonds is 2. The van der Waals surface area contributed by atoms with Crippen LogP contribution in [0.2, 0.25) is 5.02 Å². The first-order valence-corrected chi connectivity index (χ1v) is 7.28. The van der Waals surface area contributed by atoms with Gasteiger partial charge in [-0.2, -0.15) is 0 Å². The van der Waals surface area contributed by atoms with Crippen LogP contribution in [0.4, 0.5) is 11.5 Å². The molecule has 1 aromatic carbocycles. The lowest BCUT2D eigenvalue weighted by molar-refractivity contribution is 0.647. The molecule has 0 radical (unpaired) electrons. The van der Waals surface area contributed by atoms with Gasteiger partial charge in [0.2, 0.25) is 0 Å². The Morgan fingerprint density at radius 2 is 1.75 bits per heavy atom. The molecule has 1 aliphatic heterocycles. The number of anilines is 2. The molecule has 0 amide bonds. The number of halogens is 1. The summed E-state index contributed by atoms with van der Waals surface area (Å²) in [5.74, 6) is 1.01. The quantitative estimate of drug-likeness (QED) is 0.844. The molecule has 0 bridgehead atoms. The number of nitrogens with zero attached hydrogens (tertiary/aromatic N) is 3. The molecule has 1 fully saturated rings. The summed E-state index contributed by atoms with van der Waals surface area (Å²) in [7, 11) is 0. The fourth-order valence-electron chi connectivity index (χ4n) is 2.57. The van der Waals surface area contributed by atoms with E-state index in [4.69, 9.17) is 11.6 Å². The Morgan fingerprint density at radius 3 is 2.40 bits per heavy atom. The van der Waals surface area contributed by atoms with Crippen LogP contribution in [0, 0.1) is 6.92 Å². The second-order valence-electron chi connectivity index (χ2n) is 5.15. The highest BCUT2D eigenvalue weighted by molar-refractivity contribution is 6.30. The Balaban J connectivity index is 1.66. The molecule has 3 nitrogen and oxygen atoms in total. The smallest absolute Gasteiger partial charge is 0.128 e. The van der Waals surface area contributed by atoms with Gasteiger partial charge >= 0.3 is 0 Å². The molecule has 3 rings (SSSR count). The maximum atomic E-state index is 5.88. The third-order valence-corrected chi connectivity index (χ3v) is 3.91. The third kappa shape index (κ3) is 2.88. The second kappa shape index (κ2) is 5.71. The largest absolute Gasteiger partial charge is 0.368 e. The zero-order valence-corrected chi connectivity index (χ0v) is 12.3. The van der Waals surface area contributed by atoms with Crippen molar-refractivity contribution in [2.24, 2.45) is 0 Å². The lowest BCUT2D eigenvalue weighted by Gasteiger charge is -2.36. The van der Waals surface area contributed by atoms with Gasteiger partial charge in [0.05, 0.1) is 5.02 Å². The molecule has 0 unspecified atom stereocenters. The van der Waals surface area contributed by atoms with Crippen molar-refractivity contribution in [1.82, 2.24) is 4.98 Å². The lowest BCUT2D eigenvalue weighted by atomic mass is 10.2. The maximum absolute atomic E-state index is 5.88. The van der Waals surface area contributed by atoms with E-state index in [1.807, 2.05) is 12.1 Å². The summed E-state index contributed by atoms with van der Waals surface area (Å²) in [6, 6.07) is 12.6. The Morgan fingerprint density at radius 1 is 1.00 bits per heavy atom. The van der Waals surface area contributed by atoms with Crippen molar-refractivity contribution >= 4 is 23.1 Å². The van der Waals surface area contributed by atoms with Gasteiger partial charge in [0.15, 0.2) is 0 Å². The molecule has 2 aromatic rings. The van der Waals surface area contributed by atoms with E-state index in [0.29, 0.717) is 5.02 Å². The van der Waals surface area contributed by atoms with Crippen LogP contribution >= 0.6 is 11.6 Å². The van der Waals surface area contributed by atoms with Gasteiger partial charge in [-0.25, -0.2) is 4.98 Å². The molecule has 0 saturated carbocycles. The molecule has 0 N–H and O–H groups in total. The van der Waals surface area contributed by atoms with Crippen LogP contribution in [0.15, 0.2) is 42.6 Å². The summed E-state index contributed by atoms with van der Waals surface area (Å²) in [5.41, 5.74) is 2.62. The maximum Gasteiger partial charge on any atom is 0.128 e. The molecular formula is C16H18ClN3. The predicted molar refractivity (Wildman–Crippen MR) is 84.9 cm³/mol. The molecule has 2 heterocycles. The van der Waals surface area contributed by atoms with Gasteiger partial charge in [0.1, 0.15) is 5.82 Å². The standard InChI is InChI=1S/C16H18ClN3/c1-13-3-2-4-15(11-13)19-7-9-20(10-8-19)16-6-5-14(17)12-18-16/h2-6,11-12H,7-10H2,1H3. The van der Waals surface area contributed by atoms with Crippen LogP contribution in [-0.2, 0) is 0 Å². The van der Waals surface area contributed by atoms with E-state index in [1.165, 1.54) is 11.3 Å². The molecular weight excluding hydrogens is 270 g/mol. The van der Waals surface area contributed by atoms with Gasteiger partial charge < -0.3 is 9.80 Å². The molecule has 1 aromatic heterocycles. The number of benzene rings is 1. The molecule has 1 saturated heterocycles. The fraction of sp³-hybridized carbons (Fsp3) is 0.312. The van der Waals surface area contributed by atoms with Crippen LogP contribution in [0.5, 0.6) is 0 Å². The first-order chi connectivity index (χ1) is 9.72. The zero-order chi connectivity index (χ0) is 13.9. The number of aromatic nitrogens is 1. The fourth-order valence-corrected chi connectivity index (χ4v) is 2.69. The van der Waals surface area contributed by atoms with Crippen LogP contribution in [-0.4, -0.2) is 31.2 Å². The van der Waals surface area contributed by atoms with Crippen molar-refractivity contribution in [2.75, 3.05) is 36.0 Å². The van der Waals surface area contributed by atoms with Gasteiger partial charge in [-0.15, -0.1) is 0 Å². The van der Waals surface area contributed by atoms with Crippen molar-refractivity contribution < 1.29 is 0 Å². The number of piperazine rings is 1. The molecule has 0 atom stereocenters. The summed E-state index contributed by atoms with van der Waals surface area (Å²) < 4.78 is 0. The highest BCUT2D eigenvalue weighted by Crippen LogP contribution is 2.20. The molecule has 1 aliphatic rings. The second-order valence-corrected chi connectivity index (χ2v) is 5.58. The van der Waals surface area contributed by atoms with Gasteiger partial charge in [-0.3, -0.25) is 0 Å². The number of hydrogen-bond donors (Lipinski definition) is 0. The molecule has 0 spiro atoms. The van der Waals surface area contributed by atoms with Crippen LogP contribution < -0.4 is 9.80 Å². The van der Waals surface area contributed by atoms with Crippen LogP contribution in [0.25, 0.3) is 0 Å². The summed E-state index contributed by atoms with van der Waals surface area (Å²) in [5, 5.41) is 0.687. The summed E-state index contributed by atoms with van der Waals surface area (Å²) in [6.45, 7) is 6.16. The minimum absolute atomic E-state index is 0.687. The normalized spacial score (nSPS) is 15.5. The Kier molecular flexibility index (Phi) is 3.79. The molecule has 0 aliphatic carbocycles. The third-order valence-electron chi connectivity index (χ3n) is 3.68. The highest BCUT2D eigenvalue weighted by atomic mass is 35.5. The van der Waals surface area contributed by atoms with Gasteiger partial charge in [0, 0.05) is 38.1 Å². The van der Waals surface area contributed by atoms with E-state index in [0.717, 1.165) is 32.0 Å². The van der Waals surface area contributed by atoms with E-state index >= 15 is 0 Å².